The van der Waals surface area contributed by atoms with E-state index in [0.717, 1.165) is 26.6 Å². The van der Waals surface area contributed by atoms with E-state index in [1.54, 1.807) is 11.3 Å². The average Bonchev–Trinajstić information content (AvgIpc) is 2.90. The number of fused-ring (bicyclic) bond motifs is 1. The van der Waals surface area contributed by atoms with Gasteiger partial charge in [0, 0.05) is 22.7 Å². The van der Waals surface area contributed by atoms with E-state index in [1.165, 1.54) is 0 Å². The molecule has 1 aromatic carbocycles. The van der Waals surface area contributed by atoms with Crippen LogP contribution in [0.2, 0.25) is 0 Å². The predicted molar refractivity (Wildman–Crippen MR) is 116 cm³/mol. The molecule has 1 amide bonds. The minimum atomic E-state index is -0.166. The lowest BCUT2D eigenvalue weighted by molar-refractivity contribution is -0.116. The van der Waals surface area contributed by atoms with E-state index < -0.39 is 0 Å². The van der Waals surface area contributed by atoms with Gasteiger partial charge in [-0.2, -0.15) is 0 Å². The first-order valence-electron chi connectivity index (χ1n) is 9.41. The van der Waals surface area contributed by atoms with Crippen molar-refractivity contribution in [1.29, 1.82) is 0 Å². The molecule has 1 atom stereocenters. The number of carbonyl (C=O) groups is 1. The molecular formula is C21H26N4O2S. The second kappa shape index (κ2) is 8.14. The summed E-state index contributed by atoms with van der Waals surface area (Å²) in [7, 11) is 0. The Balaban J connectivity index is 1.72. The number of amides is 1. The molecule has 0 saturated carbocycles. The van der Waals surface area contributed by atoms with Crippen LogP contribution in [0.25, 0.3) is 10.2 Å². The molecule has 3 N–H and O–H groups in total. The van der Waals surface area contributed by atoms with Gasteiger partial charge in [-0.05, 0) is 56.5 Å². The van der Waals surface area contributed by atoms with Gasteiger partial charge < -0.3 is 15.6 Å². The molecule has 0 aliphatic carbocycles. The third kappa shape index (κ3) is 4.42. The zero-order valence-electron chi connectivity index (χ0n) is 16.8. The first-order valence-corrected chi connectivity index (χ1v) is 10.2. The van der Waals surface area contributed by atoms with Crippen molar-refractivity contribution in [2.45, 2.75) is 47.1 Å². The average molecular weight is 399 g/mol. The van der Waals surface area contributed by atoms with Gasteiger partial charge in [0.25, 0.3) is 5.56 Å². The number of aryl methyl sites for hydroxylation is 2. The zero-order valence-corrected chi connectivity index (χ0v) is 17.7. The Hall–Kier alpha value is -2.67. The molecule has 148 valence electrons. The summed E-state index contributed by atoms with van der Waals surface area (Å²) >= 11 is 1.54. The Morgan fingerprint density at radius 3 is 2.43 bits per heavy atom. The number of hydrogen-bond acceptors (Lipinski definition) is 5. The van der Waals surface area contributed by atoms with E-state index >= 15 is 0 Å². The molecule has 3 rings (SSSR count). The Morgan fingerprint density at radius 1 is 1.14 bits per heavy atom. The summed E-state index contributed by atoms with van der Waals surface area (Å²) < 4.78 is 0. The zero-order chi connectivity index (χ0) is 20.4. The van der Waals surface area contributed by atoms with Gasteiger partial charge in [0.2, 0.25) is 5.91 Å². The number of thiophene rings is 1. The van der Waals surface area contributed by atoms with Crippen molar-refractivity contribution in [1.82, 2.24) is 9.97 Å². The molecule has 0 aliphatic heterocycles. The van der Waals surface area contributed by atoms with E-state index in [0.29, 0.717) is 23.5 Å². The molecule has 0 bridgehead atoms. The molecule has 28 heavy (non-hydrogen) atoms. The lowest BCUT2D eigenvalue weighted by atomic mass is 10.1. The van der Waals surface area contributed by atoms with Crippen molar-refractivity contribution in [2.75, 3.05) is 10.6 Å². The first kappa shape index (κ1) is 20.1. The fraction of sp³-hybridized carbons (Fsp3) is 0.381. The highest BCUT2D eigenvalue weighted by molar-refractivity contribution is 7.18. The standard InChI is InChI=1S/C21H26N4O2S/c1-11(2)10-17(26)23-16-8-6-15(7-9-16)22-13(4)19-24-20(27)18-12(3)14(5)28-21(18)25-19/h6-9,11,13,22H,10H2,1-5H3,(H,23,26)(H,24,25,27). The maximum Gasteiger partial charge on any atom is 0.259 e. The highest BCUT2D eigenvalue weighted by atomic mass is 32.1. The highest BCUT2D eigenvalue weighted by Gasteiger charge is 2.15. The van der Waals surface area contributed by atoms with E-state index in [2.05, 4.69) is 20.6 Å². The minimum Gasteiger partial charge on any atom is -0.375 e. The normalized spacial score (nSPS) is 12.4. The SMILES string of the molecule is Cc1sc2nc(C(C)Nc3ccc(NC(=O)CC(C)C)cc3)[nH]c(=O)c2c1C. The van der Waals surface area contributed by atoms with Crippen LogP contribution in [0.1, 0.15) is 49.5 Å². The van der Waals surface area contributed by atoms with Gasteiger partial charge in [-0.1, -0.05) is 13.8 Å². The number of anilines is 2. The summed E-state index contributed by atoms with van der Waals surface area (Å²) in [5, 5.41) is 6.92. The van der Waals surface area contributed by atoms with E-state index in [4.69, 9.17) is 0 Å². The summed E-state index contributed by atoms with van der Waals surface area (Å²) in [5.41, 5.74) is 2.55. The largest absolute Gasteiger partial charge is 0.375 e. The topological polar surface area (TPSA) is 86.9 Å². The Morgan fingerprint density at radius 2 is 1.79 bits per heavy atom. The van der Waals surface area contributed by atoms with Crippen LogP contribution in [0.3, 0.4) is 0 Å². The second-order valence-electron chi connectivity index (χ2n) is 7.50. The Kier molecular flexibility index (Phi) is 5.84. The van der Waals surface area contributed by atoms with Crippen LogP contribution in [0.4, 0.5) is 11.4 Å². The summed E-state index contributed by atoms with van der Waals surface area (Å²) in [6.07, 6.45) is 0.500. The quantitative estimate of drug-likeness (QED) is 0.559. The summed E-state index contributed by atoms with van der Waals surface area (Å²) in [4.78, 5) is 33.7. The molecule has 0 radical (unpaired) electrons. The van der Waals surface area contributed by atoms with Crippen molar-refractivity contribution in [3.63, 3.8) is 0 Å². The fourth-order valence-corrected chi connectivity index (χ4v) is 4.06. The van der Waals surface area contributed by atoms with Crippen LogP contribution in [0.5, 0.6) is 0 Å². The Bertz CT molecular complexity index is 1050. The summed E-state index contributed by atoms with van der Waals surface area (Å²) in [5.74, 6) is 0.943. The third-order valence-corrected chi connectivity index (χ3v) is 5.71. The van der Waals surface area contributed by atoms with Crippen molar-refractivity contribution < 1.29 is 4.79 Å². The van der Waals surface area contributed by atoms with Crippen molar-refractivity contribution in [3.05, 3.63) is 50.9 Å². The number of aromatic amines is 1. The summed E-state index contributed by atoms with van der Waals surface area (Å²) in [6, 6.07) is 7.35. The molecular weight excluding hydrogens is 372 g/mol. The number of H-pyrrole nitrogens is 1. The van der Waals surface area contributed by atoms with Gasteiger partial charge in [0.05, 0.1) is 11.4 Å². The van der Waals surface area contributed by atoms with Crippen LogP contribution in [0.15, 0.2) is 29.1 Å². The minimum absolute atomic E-state index is 0.0145. The molecule has 0 aliphatic rings. The number of aromatic nitrogens is 2. The second-order valence-corrected chi connectivity index (χ2v) is 8.71. The van der Waals surface area contributed by atoms with E-state index in [1.807, 2.05) is 58.9 Å². The van der Waals surface area contributed by atoms with Gasteiger partial charge in [-0.15, -0.1) is 11.3 Å². The molecule has 1 unspecified atom stereocenters. The van der Waals surface area contributed by atoms with Gasteiger partial charge in [-0.3, -0.25) is 9.59 Å². The maximum atomic E-state index is 12.5. The van der Waals surface area contributed by atoms with Crippen molar-refractivity contribution >= 4 is 38.8 Å². The number of nitrogens with one attached hydrogen (secondary N) is 3. The first-order chi connectivity index (χ1) is 13.2. The van der Waals surface area contributed by atoms with Crippen molar-refractivity contribution in [3.8, 4) is 0 Å². The van der Waals surface area contributed by atoms with Crippen LogP contribution in [-0.4, -0.2) is 15.9 Å². The van der Waals surface area contributed by atoms with Gasteiger partial charge >= 0.3 is 0 Å². The number of hydrogen-bond donors (Lipinski definition) is 3. The van der Waals surface area contributed by atoms with E-state index in [-0.39, 0.29) is 17.5 Å². The number of carbonyl (C=O) groups excluding carboxylic acids is 1. The lowest BCUT2D eigenvalue weighted by Gasteiger charge is -2.15. The summed E-state index contributed by atoms with van der Waals surface area (Å²) in [6.45, 7) is 9.94. The maximum absolute atomic E-state index is 12.5. The molecule has 0 fully saturated rings. The van der Waals surface area contributed by atoms with Crippen LogP contribution < -0.4 is 16.2 Å². The predicted octanol–water partition coefficient (Wildman–Crippen LogP) is 4.76. The smallest absolute Gasteiger partial charge is 0.259 e. The third-order valence-electron chi connectivity index (χ3n) is 4.61. The number of rotatable bonds is 6. The molecule has 2 aromatic heterocycles. The fourth-order valence-electron chi connectivity index (χ4n) is 3.03. The van der Waals surface area contributed by atoms with Gasteiger partial charge in [0.15, 0.2) is 0 Å². The molecule has 0 saturated heterocycles. The lowest BCUT2D eigenvalue weighted by Crippen LogP contribution is -2.17. The monoisotopic (exact) mass is 398 g/mol. The molecule has 0 spiro atoms. The van der Waals surface area contributed by atoms with Crippen LogP contribution in [0, 0.1) is 19.8 Å². The highest BCUT2D eigenvalue weighted by Crippen LogP contribution is 2.27. The van der Waals surface area contributed by atoms with Gasteiger partial charge in [0.1, 0.15) is 10.7 Å². The number of nitrogens with zero attached hydrogens (tertiary/aromatic N) is 1. The van der Waals surface area contributed by atoms with Gasteiger partial charge in [-0.25, -0.2) is 4.98 Å². The molecule has 3 aromatic rings. The molecule has 7 heteroatoms. The van der Waals surface area contributed by atoms with E-state index in [9.17, 15) is 9.59 Å². The van der Waals surface area contributed by atoms with Crippen molar-refractivity contribution in [2.24, 2.45) is 5.92 Å². The Labute approximate surface area is 168 Å². The van der Waals surface area contributed by atoms with Crippen LogP contribution in [-0.2, 0) is 4.79 Å². The molecule has 6 nitrogen and oxygen atoms in total. The number of benzene rings is 1. The molecule has 2 heterocycles. The van der Waals surface area contributed by atoms with Crippen LogP contribution >= 0.6 is 11.3 Å².